The second-order valence-electron chi connectivity index (χ2n) is 7.20. The summed E-state index contributed by atoms with van der Waals surface area (Å²) in [6, 6.07) is 0. The lowest BCUT2D eigenvalue weighted by Crippen LogP contribution is -2.49. The summed E-state index contributed by atoms with van der Waals surface area (Å²) in [6.07, 6.45) is 8.61. The zero-order valence-electron chi connectivity index (χ0n) is 13.8. The highest BCUT2D eigenvalue weighted by molar-refractivity contribution is 4.90. The summed E-state index contributed by atoms with van der Waals surface area (Å²) in [4.78, 5) is 2.67. The molecule has 0 aromatic heterocycles. The van der Waals surface area contributed by atoms with Gasteiger partial charge in [-0.15, -0.1) is 0 Å². The van der Waals surface area contributed by atoms with Crippen LogP contribution in [0.15, 0.2) is 0 Å². The fourth-order valence-electron chi connectivity index (χ4n) is 3.98. The van der Waals surface area contributed by atoms with Gasteiger partial charge in [-0.2, -0.15) is 0 Å². The first-order chi connectivity index (χ1) is 9.67. The van der Waals surface area contributed by atoms with Gasteiger partial charge in [0.2, 0.25) is 0 Å². The van der Waals surface area contributed by atoms with Gasteiger partial charge >= 0.3 is 0 Å². The summed E-state index contributed by atoms with van der Waals surface area (Å²) in [5, 5.41) is 3.63. The highest BCUT2D eigenvalue weighted by atomic mass is 16.5. The van der Waals surface area contributed by atoms with E-state index in [0.717, 1.165) is 19.0 Å². The minimum absolute atomic E-state index is 0.461. The number of ether oxygens (including phenoxy) is 1. The number of rotatable bonds is 6. The van der Waals surface area contributed by atoms with Crippen LogP contribution >= 0.6 is 0 Å². The van der Waals surface area contributed by atoms with E-state index in [1.165, 1.54) is 58.2 Å². The van der Waals surface area contributed by atoms with Gasteiger partial charge in [0.15, 0.2) is 0 Å². The third-order valence-corrected chi connectivity index (χ3v) is 5.44. The van der Waals surface area contributed by atoms with Crippen molar-refractivity contribution in [1.82, 2.24) is 10.2 Å². The van der Waals surface area contributed by atoms with Gasteiger partial charge in [0.1, 0.15) is 0 Å². The van der Waals surface area contributed by atoms with Crippen LogP contribution in [0.1, 0.15) is 52.4 Å². The van der Waals surface area contributed by atoms with Gasteiger partial charge in [-0.3, -0.25) is 0 Å². The second-order valence-corrected chi connectivity index (χ2v) is 7.20. The smallest absolute Gasteiger partial charge is 0.0698 e. The Morgan fingerprint density at radius 1 is 1.25 bits per heavy atom. The zero-order chi connectivity index (χ0) is 14.4. The molecule has 2 rings (SSSR count). The molecule has 0 radical (unpaired) electrons. The molecule has 0 amide bonds. The molecule has 1 heterocycles. The average molecular weight is 282 g/mol. The monoisotopic (exact) mass is 282 g/mol. The van der Waals surface area contributed by atoms with Gasteiger partial charge < -0.3 is 15.0 Å². The highest BCUT2D eigenvalue weighted by Gasteiger charge is 2.36. The van der Waals surface area contributed by atoms with Crippen molar-refractivity contribution in [3.8, 4) is 0 Å². The largest absolute Gasteiger partial charge is 0.380 e. The molecule has 0 spiro atoms. The predicted octanol–water partition coefficient (Wildman–Crippen LogP) is 2.90. The lowest BCUT2D eigenvalue weighted by molar-refractivity contribution is 0.00384. The fraction of sp³-hybridized carbons (Fsp3) is 1.00. The quantitative estimate of drug-likeness (QED) is 0.811. The van der Waals surface area contributed by atoms with E-state index in [-0.39, 0.29) is 0 Å². The first-order valence-electron chi connectivity index (χ1n) is 8.63. The molecule has 0 aromatic carbocycles. The standard InChI is InChI=1S/C17H34N2O/c1-4-18-13-17(9-7-15(2)8-10-17)14-19-11-5-6-16(12-19)20-3/h15-16,18H,4-14H2,1-3H3. The fourth-order valence-corrected chi connectivity index (χ4v) is 3.98. The normalized spacial score (nSPS) is 36.1. The van der Waals surface area contributed by atoms with Crippen molar-refractivity contribution in [2.45, 2.75) is 58.5 Å². The molecule has 2 aliphatic rings. The summed E-state index contributed by atoms with van der Waals surface area (Å²) >= 11 is 0. The summed E-state index contributed by atoms with van der Waals surface area (Å²) < 4.78 is 5.58. The Morgan fingerprint density at radius 2 is 2.00 bits per heavy atom. The molecule has 3 heteroatoms. The van der Waals surface area contributed by atoms with E-state index in [0.29, 0.717) is 11.5 Å². The molecule has 0 aromatic rings. The van der Waals surface area contributed by atoms with Crippen LogP contribution in [0.4, 0.5) is 0 Å². The predicted molar refractivity (Wildman–Crippen MR) is 85.1 cm³/mol. The summed E-state index contributed by atoms with van der Waals surface area (Å²) in [5.74, 6) is 0.929. The Labute approximate surface area is 125 Å². The number of methoxy groups -OCH3 is 1. The molecular formula is C17H34N2O. The van der Waals surface area contributed by atoms with E-state index in [2.05, 4.69) is 24.1 Å². The number of hydrogen-bond acceptors (Lipinski definition) is 3. The number of likely N-dealkylation sites (tertiary alicyclic amines) is 1. The summed E-state index contributed by atoms with van der Waals surface area (Å²) in [5.41, 5.74) is 0.512. The van der Waals surface area contributed by atoms with Crippen LogP contribution in [-0.2, 0) is 4.74 Å². The number of piperidine rings is 1. The first-order valence-corrected chi connectivity index (χ1v) is 8.63. The third kappa shape index (κ3) is 4.44. The molecular weight excluding hydrogens is 248 g/mol. The molecule has 1 aliphatic heterocycles. The van der Waals surface area contributed by atoms with Gasteiger partial charge in [-0.05, 0) is 50.1 Å². The Kier molecular flexibility index (Phi) is 6.31. The van der Waals surface area contributed by atoms with Crippen LogP contribution in [0.5, 0.6) is 0 Å². The van der Waals surface area contributed by atoms with Gasteiger partial charge in [0.05, 0.1) is 6.10 Å². The zero-order valence-corrected chi connectivity index (χ0v) is 13.8. The minimum atomic E-state index is 0.461. The highest BCUT2D eigenvalue weighted by Crippen LogP contribution is 2.39. The van der Waals surface area contributed by atoms with Crippen molar-refractivity contribution < 1.29 is 4.74 Å². The molecule has 1 aliphatic carbocycles. The van der Waals surface area contributed by atoms with Crippen LogP contribution in [0.3, 0.4) is 0 Å². The molecule has 2 fully saturated rings. The maximum absolute atomic E-state index is 5.58. The molecule has 1 saturated heterocycles. The molecule has 118 valence electrons. The SMILES string of the molecule is CCNCC1(CN2CCCC(OC)C2)CCC(C)CC1. The van der Waals surface area contributed by atoms with Crippen molar-refractivity contribution >= 4 is 0 Å². The molecule has 20 heavy (non-hydrogen) atoms. The molecule has 0 bridgehead atoms. The second kappa shape index (κ2) is 7.77. The van der Waals surface area contributed by atoms with E-state index >= 15 is 0 Å². The molecule has 1 N–H and O–H groups in total. The summed E-state index contributed by atoms with van der Waals surface area (Å²) in [6.45, 7) is 10.6. The third-order valence-electron chi connectivity index (χ3n) is 5.44. The van der Waals surface area contributed by atoms with Crippen LogP contribution in [0, 0.1) is 11.3 Å². The van der Waals surface area contributed by atoms with Crippen molar-refractivity contribution in [1.29, 1.82) is 0 Å². The molecule has 1 saturated carbocycles. The van der Waals surface area contributed by atoms with Crippen LogP contribution in [0.25, 0.3) is 0 Å². The molecule has 1 unspecified atom stereocenters. The van der Waals surface area contributed by atoms with E-state index in [1.807, 2.05) is 7.11 Å². The van der Waals surface area contributed by atoms with E-state index in [9.17, 15) is 0 Å². The van der Waals surface area contributed by atoms with Crippen LogP contribution < -0.4 is 5.32 Å². The summed E-state index contributed by atoms with van der Waals surface area (Å²) in [7, 11) is 1.87. The van der Waals surface area contributed by atoms with Crippen molar-refractivity contribution in [3.63, 3.8) is 0 Å². The minimum Gasteiger partial charge on any atom is -0.380 e. The van der Waals surface area contributed by atoms with Crippen LogP contribution in [0.2, 0.25) is 0 Å². The van der Waals surface area contributed by atoms with Gasteiger partial charge in [0, 0.05) is 26.7 Å². The first kappa shape index (κ1) is 16.3. The average Bonchev–Trinajstić information content (AvgIpc) is 2.48. The Bertz CT molecular complexity index is 269. The Hall–Kier alpha value is -0.120. The Balaban J connectivity index is 1.92. The molecule has 1 atom stereocenters. The van der Waals surface area contributed by atoms with Crippen molar-refractivity contribution in [2.24, 2.45) is 11.3 Å². The molecule has 3 nitrogen and oxygen atoms in total. The maximum atomic E-state index is 5.58. The van der Waals surface area contributed by atoms with E-state index < -0.39 is 0 Å². The maximum Gasteiger partial charge on any atom is 0.0698 e. The Morgan fingerprint density at radius 3 is 2.65 bits per heavy atom. The number of nitrogens with zero attached hydrogens (tertiary/aromatic N) is 1. The van der Waals surface area contributed by atoms with Crippen molar-refractivity contribution in [3.05, 3.63) is 0 Å². The van der Waals surface area contributed by atoms with E-state index in [4.69, 9.17) is 4.74 Å². The van der Waals surface area contributed by atoms with Gasteiger partial charge in [-0.1, -0.05) is 26.7 Å². The van der Waals surface area contributed by atoms with E-state index in [1.54, 1.807) is 0 Å². The lowest BCUT2D eigenvalue weighted by Gasteiger charge is -2.44. The van der Waals surface area contributed by atoms with Crippen LogP contribution in [-0.4, -0.2) is 50.8 Å². The number of hydrogen-bond donors (Lipinski definition) is 1. The topological polar surface area (TPSA) is 24.5 Å². The van der Waals surface area contributed by atoms with Gasteiger partial charge in [-0.25, -0.2) is 0 Å². The van der Waals surface area contributed by atoms with Crippen molar-refractivity contribution in [2.75, 3.05) is 39.8 Å². The van der Waals surface area contributed by atoms with Gasteiger partial charge in [0.25, 0.3) is 0 Å². The lowest BCUT2D eigenvalue weighted by atomic mass is 9.70. The number of nitrogens with one attached hydrogen (secondary N) is 1.